The summed E-state index contributed by atoms with van der Waals surface area (Å²) in [6.45, 7) is 7.06. The molecule has 1 amide bonds. The van der Waals surface area contributed by atoms with Crippen molar-refractivity contribution in [2.45, 2.75) is 39.2 Å². The molecule has 0 saturated carbocycles. The minimum Gasteiger partial charge on any atom is -0.491 e. The van der Waals surface area contributed by atoms with Crippen molar-refractivity contribution in [1.29, 1.82) is 0 Å². The summed E-state index contributed by atoms with van der Waals surface area (Å²) in [5.41, 5.74) is 2.73. The maximum Gasteiger partial charge on any atom is 0.410 e. The van der Waals surface area contributed by atoms with Gasteiger partial charge in [-0.1, -0.05) is 24.3 Å². The number of benzene rings is 2. The molecule has 4 rings (SSSR count). The van der Waals surface area contributed by atoms with Gasteiger partial charge in [-0.15, -0.1) is 0 Å². The highest BCUT2D eigenvalue weighted by atomic mass is 16.6. The number of hydrogen-bond donors (Lipinski definition) is 1. The molecule has 0 unspecified atom stereocenters. The van der Waals surface area contributed by atoms with Crippen LogP contribution in [0, 0.1) is 0 Å². The Hall–Kier alpha value is -3.54. The number of carbonyl (C=O) groups excluding carboxylic acids is 1. The Balaban J connectivity index is 1.39. The molecule has 172 valence electrons. The van der Waals surface area contributed by atoms with E-state index < -0.39 is 5.60 Å². The second-order valence-electron chi connectivity index (χ2n) is 9.11. The Bertz CT molecular complexity index is 1220. The third kappa shape index (κ3) is 5.83. The minimum absolute atomic E-state index is 0.315. The molecule has 0 bridgehead atoms. The molecule has 0 spiro atoms. The third-order valence-corrected chi connectivity index (χ3v) is 5.43. The topological polar surface area (TPSA) is 67.5 Å². The van der Waals surface area contributed by atoms with E-state index in [1.807, 2.05) is 63.2 Å². The average molecular weight is 446 g/mol. The van der Waals surface area contributed by atoms with E-state index in [0.29, 0.717) is 19.7 Å². The molecule has 0 saturated heterocycles. The Labute approximate surface area is 194 Å². The molecule has 4 aromatic rings. The zero-order valence-electron chi connectivity index (χ0n) is 19.5. The summed E-state index contributed by atoms with van der Waals surface area (Å²) in [7, 11) is 0. The van der Waals surface area contributed by atoms with Crippen LogP contribution in [0.25, 0.3) is 21.8 Å². The van der Waals surface area contributed by atoms with Crippen LogP contribution in [0.4, 0.5) is 4.79 Å². The van der Waals surface area contributed by atoms with E-state index in [0.717, 1.165) is 35.0 Å². The Kier molecular flexibility index (Phi) is 6.82. The van der Waals surface area contributed by atoms with Gasteiger partial charge in [0, 0.05) is 35.2 Å². The van der Waals surface area contributed by atoms with Crippen LogP contribution in [0.15, 0.2) is 67.0 Å². The highest BCUT2D eigenvalue weighted by Gasteiger charge is 2.22. The third-order valence-electron chi connectivity index (χ3n) is 5.43. The number of nitrogens with one attached hydrogen (secondary N) is 1. The van der Waals surface area contributed by atoms with Crippen LogP contribution in [-0.4, -0.2) is 46.3 Å². The molecule has 2 aromatic heterocycles. The summed E-state index contributed by atoms with van der Waals surface area (Å²) in [6.07, 6.45) is 5.22. The van der Waals surface area contributed by atoms with Crippen molar-refractivity contribution in [1.82, 2.24) is 14.9 Å². The molecule has 2 heterocycles. The van der Waals surface area contributed by atoms with Crippen molar-refractivity contribution < 1.29 is 14.3 Å². The average Bonchev–Trinajstić information content (AvgIpc) is 3.20. The molecule has 0 aliphatic carbocycles. The van der Waals surface area contributed by atoms with Crippen molar-refractivity contribution in [3.63, 3.8) is 0 Å². The highest BCUT2D eigenvalue weighted by Crippen LogP contribution is 2.24. The maximum absolute atomic E-state index is 12.9. The van der Waals surface area contributed by atoms with Gasteiger partial charge in [-0.05, 0) is 69.5 Å². The molecular formula is C27H31N3O3. The predicted molar refractivity (Wildman–Crippen MR) is 132 cm³/mol. The maximum atomic E-state index is 12.9. The number of ether oxygens (including phenoxy) is 2. The van der Waals surface area contributed by atoms with Gasteiger partial charge in [-0.3, -0.25) is 4.98 Å². The van der Waals surface area contributed by atoms with Crippen LogP contribution in [0.5, 0.6) is 5.75 Å². The van der Waals surface area contributed by atoms with E-state index in [-0.39, 0.29) is 6.09 Å². The number of hydrogen-bond acceptors (Lipinski definition) is 4. The molecule has 1 N–H and O–H groups in total. The number of amides is 1. The summed E-state index contributed by atoms with van der Waals surface area (Å²) in [4.78, 5) is 22.3. The summed E-state index contributed by atoms with van der Waals surface area (Å²) in [5, 5.41) is 2.19. The van der Waals surface area contributed by atoms with E-state index in [2.05, 4.69) is 28.3 Å². The zero-order chi connectivity index (χ0) is 23.3. The normalized spacial score (nSPS) is 11.6. The van der Waals surface area contributed by atoms with E-state index in [1.54, 1.807) is 11.1 Å². The fourth-order valence-electron chi connectivity index (χ4n) is 3.89. The number of aromatic amines is 1. The van der Waals surface area contributed by atoms with E-state index in [1.165, 1.54) is 10.9 Å². The van der Waals surface area contributed by atoms with Gasteiger partial charge in [-0.25, -0.2) is 4.79 Å². The number of H-pyrrole nitrogens is 1. The standard InChI is InChI=1S/C27H31N3O3/c1-27(2,3)33-26(31)30(16-8-9-20-19-29-23-12-5-4-10-21(20)23)17-18-32-25-14-6-13-24-22(25)11-7-15-28-24/h4-7,10-15,19,29H,8-9,16-18H2,1-3H3. The van der Waals surface area contributed by atoms with Crippen LogP contribution in [0.1, 0.15) is 32.8 Å². The van der Waals surface area contributed by atoms with Crippen LogP contribution in [0.2, 0.25) is 0 Å². The molecule has 0 aliphatic heterocycles. The first-order valence-electron chi connectivity index (χ1n) is 11.4. The summed E-state index contributed by atoms with van der Waals surface area (Å²) in [5.74, 6) is 0.767. The molecule has 0 aliphatic rings. The van der Waals surface area contributed by atoms with E-state index in [4.69, 9.17) is 9.47 Å². The van der Waals surface area contributed by atoms with Gasteiger partial charge in [-0.2, -0.15) is 0 Å². The molecule has 6 heteroatoms. The van der Waals surface area contributed by atoms with Crippen molar-refractivity contribution in [3.8, 4) is 5.75 Å². The predicted octanol–water partition coefficient (Wildman–Crippen LogP) is 5.96. The Morgan fingerprint density at radius 1 is 1.00 bits per heavy atom. The largest absolute Gasteiger partial charge is 0.491 e. The summed E-state index contributed by atoms with van der Waals surface area (Å²) >= 11 is 0. The molecular weight excluding hydrogens is 414 g/mol. The molecule has 6 nitrogen and oxygen atoms in total. The van der Waals surface area contributed by atoms with E-state index >= 15 is 0 Å². The van der Waals surface area contributed by atoms with Crippen molar-refractivity contribution in [2.24, 2.45) is 0 Å². The van der Waals surface area contributed by atoms with Crippen molar-refractivity contribution in [3.05, 3.63) is 72.6 Å². The molecule has 0 radical (unpaired) electrons. The van der Waals surface area contributed by atoms with E-state index in [9.17, 15) is 4.79 Å². The number of nitrogens with zero attached hydrogens (tertiary/aromatic N) is 2. The fraction of sp³-hybridized carbons (Fsp3) is 0.333. The number of pyridine rings is 1. The molecule has 0 fully saturated rings. The van der Waals surface area contributed by atoms with Crippen LogP contribution in [-0.2, 0) is 11.2 Å². The number of rotatable bonds is 8. The van der Waals surface area contributed by atoms with Gasteiger partial charge in [0.2, 0.25) is 0 Å². The number of fused-ring (bicyclic) bond motifs is 2. The van der Waals surface area contributed by atoms with Crippen molar-refractivity contribution in [2.75, 3.05) is 19.7 Å². The number of para-hydroxylation sites is 1. The summed E-state index contributed by atoms with van der Waals surface area (Å²) in [6, 6.07) is 18.0. The lowest BCUT2D eigenvalue weighted by Gasteiger charge is -2.27. The minimum atomic E-state index is -0.547. The first kappa shape index (κ1) is 22.6. The van der Waals surface area contributed by atoms with Gasteiger partial charge in [0.25, 0.3) is 0 Å². The second kappa shape index (κ2) is 9.94. The highest BCUT2D eigenvalue weighted by molar-refractivity contribution is 5.85. The van der Waals surface area contributed by atoms with Gasteiger partial charge in [0.05, 0.1) is 12.1 Å². The van der Waals surface area contributed by atoms with Crippen LogP contribution < -0.4 is 4.74 Å². The molecule has 2 aromatic carbocycles. The van der Waals surface area contributed by atoms with Crippen LogP contribution >= 0.6 is 0 Å². The SMILES string of the molecule is CC(C)(C)OC(=O)N(CCCc1c[nH]c2ccccc12)CCOc1cccc2ncccc12. The lowest BCUT2D eigenvalue weighted by Crippen LogP contribution is -2.39. The lowest BCUT2D eigenvalue weighted by molar-refractivity contribution is 0.0224. The molecule has 0 atom stereocenters. The van der Waals surface area contributed by atoms with Gasteiger partial charge >= 0.3 is 6.09 Å². The second-order valence-corrected chi connectivity index (χ2v) is 9.11. The number of aromatic nitrogens is 2. The quantitative estimate of drug-likeness (QED) is 0.363. The van der Waals surface area contributed by atoms with Crippen LogP contribution in [0.3, 0.4) is 0 Å². The van der Waals surface area contributed by atoms with Crippen molar-refractivity contribution >= 4 is 27.9 Å². The first-order chi connectivity index (χ1) is 15.9. The Morgan fingerprint density at radius 3 is 2.67 bits per heavy atom. The lowest BCUT2D eigenvalue weighted by atomic mass is 10.1. The Morgan fingerprint density at radius 2 is 1.82 bits per heavy atom. The van der Waals surface area contributed by atoms with Gasteiger partial charge < -0.3 is 19.4 Å². The van der Waals surface area contributed by atoms with Gasteiger partial charge in [0.1, 0.15) is 18.0 Å². The summed E-state index contributed by atoms with van der Waals surface area (Å²) < 4.78 is 11.7. The monoisotopic (exact) mass is 445 g/mol. The zero-order valence-corrected chi connectivity index (χ0v) is 19.5. The first-order valence-corrected chi connectivity index (χ1v) is 11.4. The molecule has 33 heavy (non-hydrogen) atoms. The fourth-order valence-corrected chi connectivity index (χ4v) is 3.89. The number of aryl methyl sites for hydroxylation is 1. The smallest absolute Gasteiger partial charge is 0.410 e. The number of carbonyl (C=O) groups is 1. The van der Waals surface area contributed by atoms with Gasteiger partial charge in [0.15, 0.2) is 0 Å².